The summed E-state index contributed by atoms with van der Waals surface area (Å²) in [6, 6.07) is 3.18. The summed E-state index contributed by atoms with van der Waals surface area (Å²) in [7, 11) is 4.54. The van der Waals surface area contributed by atoms with Gasteiger partial charge in [0.2, 0.25) is 5.75 Å². The summed E-state index contributed by atoms with van der Waals surface area (Å²) < 4.78 is 26.4. The van der Waals surface area contributed by atoms with Gasteiger partial charge in [0.1, 0.15) is 0 Å². The van der Waals surface area contributed by atoms with E-state index < -0.39 is 5.97 Å². The van der Waals surface area contributed by atoms with E-state index in [9.17, 15) is 4.79 Å². The number of benzene rings is 1. The molecule has 1 aromatic carbocycles. The van der Waals surface area contributed by atoms with E-state index in [-0.39, 0.29) is 12.4 Å². The van der Waals surface area contributed by atoms with E-state index in [0.717, 1.165) is 39.3 Å². The van der Waals surface area contributed by atoms with Crippen LogP contribution in [-0.2, 0) is 9.47 Å². The van der Waals surface area contributed by atoms with Gasteiger partial charge in [-0.1, -0.05) is 0 Å². The van der Waals surface area contributed by atoms with Gasteiger partial charge in [-0.05, 0) is 18.6 Å². The van der Waals surface area contributed by atoms with Crippen LogP contribution in [0.4, 0.5) is 0 Å². The predicted molar refractivity (Wildman–Crippen MR) is 95.5 cm³/mol. The third kappa shape index (κ3) is 5.95. The minimum atomic E-state index is -0.406. The highest BCUT2D eigenvalue weighted by molar-refractivity contribution is 5.91. The lowest BCUT2D eigenvalue weighted by molar-refractivity contribution is 0.0298. The average Bonchev–Trinajstić information content (AvgIpc) is 2.64. The summed E-state index contributed by atoms with van der Waals surface area (Å²) in [5.41, 5.74) is 0.371. The minimum absolute atomic E-state index is 0. The second kappa shape index (κ2) is 11.0. The van der Waals surface area contributed by atoms with Gasteiger partial charge in [-0.15, -0.1) is 12.4 Å². The van der Waals surface area contributed by atoms with Crippen LogP contribution in [0.1, 0.15) is 16.8 Å². The van der Waals surface area contributed by atoms with Crippen molar-refractivity contribution in [3.63, 3.8) is 0 Å². The Morgan fingerprint density at radius 3 is 2.20 bits per heavy atom. The molecule has 25 heavy (non-hydrogen) atoms. The molecule has 0 N–H and O–H groups in total. The third-order valence-corrected chi connectivity index (χ3v) is 3.86. The summed E-state index contributed by atoms with van der Waals surface area (Å²) in [6.45, 7) is 4.66. The molecule has 0 radical (unpaired) electrons. The number of halogens is 1. The van der Waals surface area contributed by atoms with Crippen LogP contribution in [0.15, 0.2) is 12.1 Å². The zero-order valence-corrected chi connectivity index (χ0v) is 15.7. The predicted octanol–water partition coefficient (Wildman–Crippen LogP) is 2.01. The molecule has 8 heteroatoms. The van der Waals surface area contributed by atoms with Gasteiger partial charge in [-0.2, -0.15) is 0 Å². The maximum absolute atomic E-state index is 12.2. The largest absolute Gasteiger partial charge is 0.493 e. The molecule has 2 rings (SSSR count). The fraction of sp³-hybridized carbons (Fsp3) is 0.588. The molecule has 0 spiro atoms. The molecule has 1 fully saturated rings. The molecule has 7 nitrogen and oxygen atoms in total. The van der Waals surface area contributed by atoms with Gasteiger partial charge in [-0.3, -0.25) is 4.90 Å². The Morgan fingerprint density at radius 1 is 1.08 bits per heavy atom. The molecule has 0 unspecified atom stereocenters. The number of carbonyl (C=O) groups is 1. The summed E-state index contributed by atoms with van der Waals surface area (Å²) in [6.07, 6.45) is 0.788. The number of rotatable bonds is 8. The third-order valence-electron chi connectivity index (χ3n) is 3.86. The Balaban J connectivity index is 0.00000312. The quantitative estimate of drug-likeness (QED) is 0.508. The van der Waals surface area contributed by atoms with Crippen molar-refractivity contribution < 1.29 is 28.5 Å². The second-order valence-corrected chi connectivity index (χ2v) is 5.36. The van der Waals surface area contributed by atoms with Gasteiger partial charge in [0, 0.05) is 19.6 Å². The lowest BCUT2D eigenvalue weighted by Crippen LogP contribution is -2.37. The van der Waals surface area contributed by atoms with Crippen LogP contribution in [0.5, 0.6) is 17.2 Å². The van der Waals surface area contributed by atoms with Crippen molar-refractivity contribution in [3.8, 4) is 17.2 Å². The van der Waals surface area contributed by atoms with Crippen molar-refractivity contribution in [3.05, 3.63) is 17.7 Å². The zero-order valence-electron chi connectivity index (χ0n) is 14.9. The Kier molecular flexibility index (Phi) is 9.41. The lowest BCUT2D eigenvalue weighted by Gasteiger charge is -2.26. The molecule has 1 saturated heterocycles. The number of methoxy groups -OCH3 is 3. The molecule has 0 amide bonds. The molecular weight excluding hydrogens is 350 g/mol. The first-order valence-corrected chi connectivity index (χ1v) is 7.96. The highest BCUT2D eigenvalue weighted by Gasteiger charge is 2.18. The van der Waals surface area contributed by atoms with Crippen molar-refractivity contribution in [1.82, 2.24) is 4.90 Å². The van der Waals surface area contributed by atoms with E-state index in [1.165, 1.54) is 21.3 Å². The molecule has 0 atom stereocenters. The molecule has 0 aliphatic carbocycles. The lowest BCUT2D eigenvalue weighted by atomic mass is 10.2. The van der Waals surface area contributed by atoms with E-state index >= 15 is 0 Å². The molecule has 1 aliphatic heterocycles. The van der Waals surface area contributed by atoms with Gasteiger partial charge in [0.05, 0.1) is 46.7 Å². The smallest absolute Gasteiger partial charge is 0.338 e. The Morgan fingerprint density at radius 2 is 1.68 bits per heavy atom. The molecule has 0 saturated carbocycles. The topological polar surface area (TPSA) is 66.5 Å². The highest BCUT2D eigenvalue weighted by atomic mass is 35.5. The Labute approximate surface area is 154 Å². The van der Waals surface area contributed by atoms with Crippen LogP contribution in [0.3, 0.4) is 0 Å². The van der Waals surface area contributed by atoms with E-state index in [4.69, 9.17) is 23.7 Å². The number of hydrogen-bond donors (Lipinski definition) is 0. The van der Waals surface area contributed by atoms with Gasteiger partial charge in [-0.25, -0.2) is 4.79 Å². The van der Waals surface area contributed by atoms with Crippen LogP contribution in [0, 0.1) is 0 Å². The van der Waals surface area contributed by atoms with Crippen LogP contribution in [0.25, 0.3) is 0 Å². The fourth-order valence-electron chi connectivity index (χ4n) is 2.56. The normalized spacial score (nSPS) is 14.4. The van der Waals surface area contributed by atoms with Crippen LogP contribution in [0.2, 0.25) is 0 Å². The molecule has 1 heterocycles. The number of carbonyl (C=O) groups excluding carboxylic acids is 1. The second-order valence-electron chi connectivity index (χ2n) is 5.36. The minimum Gasteiger partial charge on any atom is -0.493 e. The van der Waals surface area contributed by atoms with Crippen molar-refractivity contribution in [2.24, 2.45) is 0 Å². The molecular formula is C17H26ClNO6. The van der Waals surface area contributed by atoms with E-state index in [2.05, 4.69) is 4.90 Å². The van der Waals surface area contributed by atoms with E-state index in [1.807, 2.05) is 0 Å². The SMILES string of the molecule is COc1cc(C(=O)OCCCN2CCOCC2)cc(OC)c1OC.Cl. The van der Waals surface area contributed by atoms with Crippen LogP contribution >= 0.6 is 12.4 Å². The molecule has 0 aromatic heterocycles. The number of ether oxygens (including phenoxy) is 5. The number of morpholine rings is 1. The van der Waals surface area contributed by atoms with E-state index in [1.54, 1.807) is 12.1 Å². The Bertz CT molecular complexity index is 523. The Hall–Kier alpha value is -1.70. The standard InChI is InChI=1S/C17H25NO6.ClH/c1-20-14-11-13(12-15(21-2)16(14)22-3)17(19)24-8-4-5-18-6-9-23-10-7-18;/h11-12H,4-10H2,1-3H3;1H. The van der Waals surface area contributed by atoms with Crippen LogP contribution in [-0.4, -0.2) is 71.7 Å². The monoisotopic (exact) mass is 375 g/mol. The molecule has 1 aliphatic rings. The van der Waals surface area contributed by atoms with Gasteiger partial charge in [0.15, 0.2) is 11.5 Å². The van der Waals surface area contributed by atoms with Crippen molar-refractivity contribution in [2.75, 3.05) is 60.8 Å². The summed E-state index contributed by atoms with van der Waals surface area (Å²) in [4.78, 5) is 14.5. The van der Waals surface area contributed by atoms with Crippen molar-refractivity contribution in [2.45, 2.75) is 6.42 Å². The first kappa shape index (κ1) is 21.3. The van der Waals surface area contributed by atoms with E-state index in [0.29, 0.717) is 29.4 Å². The maximum Gasteiger partial charge on any atom is 0.338 e. The fourth-order valence-corrected chi connectivity index (χ4v) is 2.56. The first-order valence-electron chi connectivity index (χ1n) is 7.96. The highest BCUT2D eigenvalue weighted by Crippen LogP contribution is 2.38. The van der Waals surface area contributed by atoms with Gasteiger partial charge >= 0.3 is 5.97 Å². The summed E-state index contributed by atoms with van der Waals surface area (Å²) in [5, 5.41) is 0. The average molecular weight is 376 g/mol. The molecule has 142 valence electrons. The maximum atomic E-state index is 12.2. The number of esters is 1. The number of nitrogens with zero attached hydrogens (tertiary/aromatic N) is 1. The molecule has 0 bridgehead atoms. The van der Waals surface area contributed by atoms with Gasteiger partial charge < -0.3 is 23.7 Å². The van der Waals surface area contributed by atoms with Gasteiger partial charge in [0.25, 0.3) is 0 Å². The molecule has 1 aromatic rings. The summed E-state index contributed by atoms with van der Waals surface area (Å²) >= 11 is 0. The zero-order chi connectivity index (χ0) is 17.4. The number of hydrogen-bond acceptors (Lipinski definition) is 7. The van der Waals surface area contributed by atoms with Crippen molar-refractivity contribution >= 4 is 18.4 Å². The summed E-state index contributed by atoms with van der Waals surface area (Å²) in [5.74, 6) is 0.898. The first-order chi connectivity index (χ1) is 11.7. The van der Waals surface area contributed by atoms with Crippen molar-refractivity contribution in [1.29, 1.82) is 0 Å². The van der Waals surface area contributed by atoms with Crippen LogP contribution < -0.4 is 14.2 Å².